The number of fused-ring (bicyclic) bond motifs is 1. The molecule has 4 heteroatoms. The number of rotatable bonds is 2. The summed E-state index contributed by atoms with van der Waals surface area (Å²) in [4.78, 5) is 14.5. The molecule has 1 aromatic heterocycles. The molecule has 1 heterocycles. The molecule has 2 aromatic rings. The summed E-state index contributed by atoms with van der Waals surface area (Å²) in [6, 6.07) is 7.57. The summed E-state index contributed by atoms with van der Waals surface area (Å²) in [5, 5.41) is -0.576. The fourth-order valence-corrected chi connectivity index (χ4v) is 1.41. The first-order valence-corrected chi connectivity index (χ1v) is 4.32. The predicted molar refractivity (Wildman–Crippen MR) is 53.4 cm³/mol. The van der Waals surface area contributed by atoms with E-state index < -0.39 is 5.37 Å². The highest BCUT2D eigenvalue weighted by atomic mass is 32.1. The molecule has 1 atom stereocenters. The SMILES string of the molecule is O=[C]C(S)n1cnc2ccccc21. The molecule has 2 rings (SSSR count). The van der Waals surface area contributed by atoms with Crippen LogP contribution in [0.1, 0.15) is 5.37 Å². The standard InChI is InChI=1S/C9H7N2OS/c12-5-9(13)11-6-10-7-3-1-2-4-8(7)11/h1-4,6,9,13H. The Hall–Kier alpha value is -1.29. The van der Waals surface area contributed by atoms with Crippen molar-refractivity contribution in [1.82, 2.24) is 9.55 Å². The third-order valence-corrected chi connectivity index (χ3v) is 2.20. The second kappa shape index (κ2) is 3.22. The molecule has 0 spiro atoms. The lowest BCUT2D eigenvalue weighted by molar-refractivity contribution is 0.544. The van der Waals surface area contributed by atoms with Crippen molar-refractivity contribution in [1.29, 1.82) is 0 Å². The van der Waals surface area contributed by atoms with Gasteiger partial charge in [-0.2, -0.15) is 0 Å². The summed E-state index contributed by atoms with van der Waals surface area (Å²) in [6.45, 7) is 0. The first-order chi connectivity index (χ1) is 6.33. The number of hydrogen-bond acceptors (Lipinski definition) is 3. The lowest BCUT2D eigenvalue weighted by Gasteiger charge is -2.03. The van der Waals surface area contributed by atoms with Crippen LogP contribution in [-0.2, 0) is 4.79 Å². The van der Waals surface area contributed by atoms with Gasteiger partial charge in [-0.05, 0) is 12.1 Å². The van der Waals surface area contributed by atoms with Crippen molar-refractivity contribution >= 4 is 29.9 Å². The summed E-state index contributed by atoms with van der Waals surface area (Å²) >= 11 is 4.06. The fraction of sp³-hybridized carbons (Fsp3) is 0.111. The summed E-state index contributed by atoms with van der Waals surface area (Å²) in [5.74, 6) is 0. The maximum absolute atomic E-state index is 10.4. The Morgan fingerprint density at radius 1 is 1.46 bits per heavy atom. The van der Waals surface area contributed by atoms with E-state index in [-0.39, 0.29) is 0 Å². The number of imidazole rings is 1. The van der Waals surface area contributed by atoms with Crippen molar-refractivity contribution < 1.29 is 4.79 Å². The zero-order valence-electron chi connectivity index (χ0n) is 6.71. The molecule has 13 heavy (non-hydrogen) atoms. The van der Waals surface area contributed by atoms with Gasteiger partial charge < -0.3 is 4.57 Å². The van der Waals surface area contributed by atoms with Gasteiger partial charge in [0.25, 0.3) is 0 Å². The quantitative estimate of drug-likeness (QED) is 0.731. The van der Waals surface area contributed by atoms with Gasteiger partial charge in [0.1, 0.15) is 5.37 Å². The van der Waals surface area contributed by atoms with Crippen LogP contribution in [0.15, 0.2) is 30.6 Å². The number of carbonyl (C=O) groups excluding carboxylic acids is 1. The minimum Gasteiger partial charge on any atom is -0.310 e. The van der Waals surface area contributed by atoms with Gasteiger partial charge >= 0.3 is 0 Å². The molecule has 0 aliphatic carbocycles. The Balaban J connectivity index is 2.64. The van der Waals surface area contributed by atoms with Crippen molar-refractivity contribution in [3.63, 3.8) is 0 Å². The molecule has 65 valence electrons. The molecule has 0 amide bonds. The summed E-state index contributed by atoms with van der Waals surface area (Å²) in [7, 11) is 0. The van der Waals surface area contributed by atoms with E-state index in [1.54, 1.807) is 17.2 Å². The fourth-order valence-electron chi connectivity index (χ4n) is 1.23. The van der Waals surface area contributed by atoms with Gasteiger partial charge in [0.15, 0.2) is 0 Å². The Bertz CT molecular complexity index is 438. The highest BCUT2D eigenvalue weighted by molar-refractivity contribution is 7.81. The van der Waals surface area contributed by atoms with Crippen molar-refractivity contribution in [3.8, 4) is 0 Å². The van der Waals surface area contributed by atoms with Crippen molar-refractivity contribution in [3.05, 3.63) is 30.6 Å². The topological polar surface area (TPSA) is 34.9 Å². The predicted octanol–water partition coefficient (Wildman–Crippen LogP) is 1.57. The molecule has 0 aliphatic heterocycles. The number of nitrogens with zero attached hydrogens (tertiary/aromatic N) is 2. The lowest BCUT2D eigenvalue weighted by atomic mass is 10.3. The molecule has 1 radical (unpaired) electrons. The van der Waals surface area contributed by atoms with Crippen LogP contribution in [0, 0.1) is 0 Å². The largest absolute Gasteiger partial charge is 0.310 e. The van der Waals surface area contributed by atoms with Crippen LogP contribution in [0.3, 0.4) is 0 Å². The second-order valence-corrected chi connectivity index (χ2v) is 3.12. The minimum absolute atomic E-state index is 0.576. The molecule has 0 N–H and O–H groups in total. The Morgan fingerprint density at radius 2 is 2.23 bits per heavy atom. The molecular formula is C9H7N2OS. The van der Waals surface area contributed by atoms with E-state index in [1.807, 2.05) is 24.3 Å². The van der Waals surface area contributed by atoms with Crippen molar-refractivity contribution in [2.24, 2.45) is 0 Å². The Kier molecular flexibility index (Phi) is 2.06. The van der Waals surface area contributed by atoms with Crippen LogP contribution in [0.2, 0.25) is 0 Å². The van der Waals surface area contributed by atoms with E-state index in [1.165, 1.54) is 0 Å². The van der Waals surface area contributed by atoms with E-state index in [2.05, 4.69) is 17.6 Å². The van der Waals surface area contributed by atoms with Gasteiger partial charge in [-0.25, -0.2) is 4.98 Å². The average Bonchev–Trinajstić information content (AvgIpc) is 2.60. The summed E-state index contributed by atoms with van der Waals surface area (Å²) < 4.78 is 1.67. The smallest absolute Gasteiger partial charge is 0.234 e. The van der Waals surface area contributed by atoms with Gasteiger partial charge in [-0.3, -0.25) is 4.79 Å². The van der Waals surface area contributed by atoms with Gasteiger partial charge in [0.05, 0.1) is 17.4 Å². The average molecular weight is 191 g/mol. The summed E-state index contributed by atoms with van der Waals surface area (Å²) in [6.07, 6.45) is 3.39. The third-order valence-electron chi connectivity index (χ3n) is 1.85. The third kappa shape index (κ3) is 1.33. The molecule has 0 aliphatic rings. The Morgan fingerprint density at radius 3 is 3.00 bits per heavy atom. The monoisotopic (exact) mass is 191 g/mol. The van der Waals surface area contributed by atoms with Gasteiger partial charge in [-0.15, -0.1) is 12.6 Å². The van der Waals surface area contributed by atoms with Crippen molar-refractivity contribution in [2.75, 3.05) is 0 Å². The molecule has 1 unspecified atom stereocenters. The highest BCUT2D eigenvalue weighted by Crippen LogP contribution is 2.17. The van der Waals surface area contributed by atoms with Crippen LogP contribution in [-0.4, -0.2) is 15.8 Å². The number of benzene rings is 1. The van der Waals surface area contributed by atoms with Crippen LogP contribution in [0.25, 0.3) is 11.0 Å². The summed E-state index contributed by atoms with van der Waals surface area (Å²) in [5.41, 5.74) is 1.75. The second-order valence-electron chi connectivity index (χ2n) is 2.63. The van der Waals surface area contributed by atoms with E-state index in [0.29, 0.717) is 0 Å². The first kappa shape index (κ1) is 8.31. The Labute approximate surface area is 80.8 Å². The number of hydrogen-bond donors (Lipinski definition) is 1. The zero-order valence-corrected chi connectivity index (χ0v) is 7.61. The maximum Gasteiger partial charge on any atom is 0.234 e. The van der Waals surface area contributed by atoms with E-state index >= 15 is 0 Å². The first-order valence-electron chi connectivity index (χ1n) is 3.80. The maximum atomic E-state index is 10.4. The number of para-hydroxylation sites is 2. The van der Waals surface area contributed by atoms with Gasteiger partial charge in [0.2, 0.25) is 6.29 Å². The van der Waals surface area contributed by atoms with E-state index in [0.717, 1.165) is 11.0 Å². The molecule has 0 saturated heterocycles. The van der Waals surface area contributed by atoms with Crippen LogP contribution in [0.5, 0.6) is 0 Å². The minimum atomic E-state index is -0.576. The van der Waals surface area contributed by atoms with Gasteiger partial charge in [0, 0.05) is 0 Å². The highest BCUT2D eigenvalue weighted by Gasteiger charge is 2.08. The lowest BCUT2D eigenvalue weighted by Crippen LogP contribution is -2.01. The normalized spacial score (nSPS) is 13.0. The van der Waals surface area contributed by atoms with Crippen LogP contribution < -0.4 is 0 Å². The van der Waals surface area contributed by atoms with Crippen LogP contribution in [0.4, 0.5) is 0 Å². The zero-order chi connectivity index (χ0) is 9.26. The molecular weight excluding hydrogens is 184 g/mol. The van der Waals surface area contributed by atoms with E-state index in [4.69, 9.17) is 0 Å². The molecule has 0 fully saturated rings. The molecule has 1 aromatic carbocycles. The van der Waals surface area contributed by atoms with Crippen molar-refractivity contribution in [2.45, 2.75) is 5.37 Å². The van der Waals surface area contributed by atoms with E-state index in [9.17, 15) is 4.79 Å². The molecule has 0 saturated carbocycles. The molecule has 3 nitrogen and oxygen atoms in total. The number of thiol groups is 1. The number of aromatic nitrogens is 2. The molecule has 0 bridgehead atoms. The van der Waals surface area contributed by atoms with Crippen LogP contribution >= 0.6 is 12.6 Å². The van der Waals surface area contributed by atoms with Gasteiger partial charge in [-0.1, -0.05) is 12.1 Å².